The number of esters is 1. The van der Waals surface area contributed by atoms with Gasteiger partial charge in [-0.3, -0.25) is 0 Å². The highest BCUT2D eigenvalue weighted by atomic mass is 16.6. The largest absolute Gasteiger partial charge is 0.456 e. The lowest BCUT2D eigenvalue weighted by Gasteiger charge is -2.29. The number of hydrogen-bond acceptors (Lipinski definition) is 4. The molecule has 0 fully saturated rings. The van der Waals surface area contributed by atoms with Crippen LogP contribution >= 0.6 is 0 Å². The zero-order valence-electron chi connectivity index (χ0n) is 20.2. The number of fused-ring (bicyclic) bond motifs is 7. The van der Waals surface area contributed by atoms with Crippen molar-refractivity contribution in [3.05, 3.63) is 82.4 Å². The summed E-state index contributed by atoms with van der Waals surface area (Å²) in [5.41, 5.74) is 9.84. The van der Waals surface area contributed by atoms with E-state index in [2.05, 4.69) is 66.1 Å². The molecule has 0 saturated carbocycles. The number of anilines is 2. The monoisotopic (exact) mass is 440 g/mol. The summed E-state index contributed by atoms with van der Waals surface area (Å²) in [7, 11) is 0. The third-order valence-electron chi connectivity index (χ3n) is 6.54. The number of benzene rings is 3. The van der Waals surface area contributed by atoms with E-state index in [0.29, 0.717) is 5.56 Å². The molecular formula is C29H32N2O2. The molecule has 0 N–H and O–H groups in total. The van der Waals surface area contributed by atoms with E-state index < -0.39 is 5.60 Å². The minimum absolute atomic E-state index is 0.273. The van der Waals surface area contributed by atoms with Gasteiger partial charge < -0.3 is 14.5 Å². The van der Waals surface area contributed by atoms with Crippen LogP contribution in [0.25, 0.3) is 11.1 Å². The minimum atomic E-state index is -0.532. The van der Waals surface area contributed by atoms with Crippen LogP contribution in [0, 0.1) is 13.8 Å². The first kappa shape index (κ1) is 21.6. The maximum Gasteiger partial charge on any atom is 0.339 e. The lowest BCUT2D eigenvalue weighted by atomic mass is 9.92. The molecule has 5 rings (SSSR count). The first-order chi connectivity index (χ1) is 15.7. The molecule has 2 bridgehead atoms. The molecule has 0 unspecified atom stereocenters. The Morgan fingerprint density at radius 2 is 1.48 bits per heavy atom. The molecule has 3 aromatic carbocycles. The fourth-order valence-corrected chi connectivity index (χ4v) is 5.10. The SMILES string of the molecule is Cc1ccc2c(c1)CN1CCN2Cc2cc(-c3c(C)cccc3C(=O)OC(C)(C)C)ccc21. The summed E-state index contributed by atoms with van der Waals surface area (Å²) in [5, 5.41) is 0. The highest BCUT2D eigenvalue weighted by Crippen LogP contribution is 2.39. The summed E-state index contributed by atoms with van der Waals surface area (Å²) in [4.78, 5) is 18.0. The van der Waals surface area contributed by atoms with Crippen LogP contribution < -0.4 is 9.80 Å². The van der Waals surface area contributed by atoms with E-state index >= 15 is 0 Å². The van der Waals surface area contributed by atoms with Gasteiger partial charge in [0.15, 0.2) is 0 Å². The van der Waals surface area contributed by atoms with Crippen LogP contribution in [0.2, 0.25) is 0 Å². The van der Waals surface area contributed by atoms with Gasteiger partial charge >= 0.3 is 5.97 Å². The van der Waals surface area contributed by atoms with Gasteiger partial charge in [0.25, 0.3) is 0 Å². The maximum absolute atomic E-state index is 13.0. The molecule has 33 heavy (non-hydrogen) atoms. The average molecular weight is 441 g/mol. The topological polar surface area (TPSA) is 32.8 Å². The second-order valence-electron chi connectivity index (χ2n) is 10.3. The Kier molecular flexibility index (Phi) is 5.19. The molecule has 0 amide bonds. The lowest BCUT2D eigenvalue weighted by Crippen LogP contribution is -2.26. The van der Waals surface area contributed by atoms with Gasteiger partial charge in [-0.05, 0) is 86.7 Å². The highest BCUT2D eigenvalue weighted by Gasteiger charge is 2.28. The summed E-state index contributed by atoms with van der Waals surface area (Å²) in [6, 6.07) is 19.3. The van der Waals surface area contributed by atoms with Crippen LogP contribution in [0.3, 0.4) is 0 Å². The van der Waals surface area contributed by atoms with Crippen molar-refractivity contribution in [1.82, 2.24) is 0 Å². The van der Waals surface area contributed by atoms with Gasteiger partial charge in [-0.15, -0.1) is 0 Å². The summed E-state index contributed by atoms with van der Waals surface area (Å²) in [6.45, 7) is 13.8. The molecule has 4 heteroatoms. The molecule has 0 radical (unpaired) electrons. The molecule has 2 heterocycles. The molecule has 0 aliphatic carbocycles. The second-order valence-corrected chi connectivity index (χ2v) is 10.3. The highest BCUT2D eigenvalue weighted by molar-refractivity contribution is 5.98. The Balaban J connectivity index is 1.57. The summed E-state index contributed by atoms with van der Waals surface area (Å²) < 4.78 is 5.73. The normalized spacial score (nSPS) is 14.9. The second kappa shape index (κ2) is 7.95. The van der Waals surface area contributed by atoms with Gasteiger partial charge in [0.2, 0.25) is 0 Å². The minimum Gasteiger partial charge on any atom is -0.456 e. The number of ether oxygens (including phenoxy) is 1. The fourth-order valence-electron chi connectivity index (χ4n) is 5.10. The zero-order valence-corrected chi connectivity index (χ0v) is 20.2. The van der Waals surface area contributed by atoms with Gasteiger partial charge in [0.05, 0.1) is 5.56 Å². The molecule has 0 aromatic heterocycles. The van der Waals surface area contributed by atoms with Crippen LogP contribution in [0.15, 0.2) is 54.6 Å². The first-order valence-electron chi connectivity index (χ1n) is 11.8. The average Bonchev–Trinajstić information content (AvgIpc) is 3.02. The first-order valence-corrected chi connectivity index (χ1v) is 11.8. The van der Waals surface area contributed by atoms with Gasteiger partial charge in [-0.25, -0.2) is 4.79 Å². The molecule has 3 aromatic rings. The van der Waals surface area contributed by atoms with Crippen molar-refractivity contribution < 1.29 is 9.53 Å². The van der Waals surface area contributed by atoms with Crippen LogP contribution in [0.4, 0.5) is 11.4 Å². The molecule has 0 spiro atoms. The van der Waals surface area contributed by atoms with E-state index in [1.807, 2.05) is 32.9 Å². The number of aryl methyl sites for hydroxylation is 2. The van der Waals surface area contributed by atoms with Crippen molar-refractivity contribution in [3.63, 3.8) is 0 Å². The van der Waals surface area contributed by atoms with Gasteiger partial charge in [-0.2, -0.15) is 0 Å². The van der Waals surface area contributed by atoms with Crippen LogP contribution in [0.5, 0.6) is 0 Å². The Morgan fingerprint density at radius 3 is 2.15 bits per heavy atom. The predicted molar refractivity (Wildman–Crippen MR) is 135 cm³/mol. The molecule has 2 aliphatic rings. The Hall–Kier alpha value is -3.27. The van der Waals surface area contributed by atoms with E-state index in [1.165, 1.54) is 28.1 Å². The third kappa shape index (κ3) is 4.10. The van der Waals surface area contributed by atoms with Gasteiger partial charge in [0, 0.05) is 37.6 Å². The van der Waals surface area contributed by atoms with Crippen molar-refractivity contribution in [2.24, 2.45) is 0 Å². The molecule has 170 valence electrons. The molecule has 4 nitrogen and oxygen atoms in total. The lowest BCUT2D eigenvalue weighted by molar-refractivity contribution is 0.00703. The number of rotatable bonds is 2. The smallest absolute Gasteiger partial charge is 0.339 e. The molecule has 2 aliphatic heterocycles. The summed E-state index contributed by atoms with van der Waals surface area (Å²) >= 11 is 0. The van der Waals surface area contributed by atoms with Crippen molar-refractivity contribution in [2.45, 2.75) is 53.3 Å². The van der Waals surface area contributed by atoms with E-state index in [0.717, 1.165) is 42.9 Å². The van der Waals surface area contributed by atoms with Gasteiger partial charge in [-0.1, -0.05) is 35.9 Å². The number of carbonyl (C=O) groups excluding carboxylic acids is 1. The van der Waals surface area contributed by atoms with Crippen molar-refractivity contribution in [2.75, 3.05) is 22.9 Å². The third-order valence-corrected chi connectivity index (χ3v) is 6.54. The molecule has 0 atom stereocenters. The maximum atomic E-state index is 13.0. The standard InChI is InChI=1S/C29H32N2O2/c1-19-9-11-25-22(15-19)17-30-13-14-31(25)18-23-16-21(10-12-26(23)30)27-20(2)7-6-8-24(27)28(32)33-29(3,4)5/h6-12,15-16H,13-14,17-18H2,1-5H3. The zero-order chi connectivity index (χ0) is 23.3. The van der Waals surface area contributed by atoms with E-state index in [-0.39, 0.29) is 5.97 Å². The van der Waals surface area contributed by atoms with Crippen molar-refractivity contribution in [1.29, 1.82) is 0 Å². The Labute approximate surface area is 196 Å². The number of carbonyl (C=O) groups is 1. The van der Waals surface area contributed by atoms with E-state index in [1.54, 1.807) is 0 Å². The molecule has 0 saturated heterocycles. The number of nitrogens with zero attached hydrogens (tertiary/aromatic N) is 2. The van der Waals surface area contributed by atoms with Gasteiger partial charge in [0.1, 0.15) is 5.60 Å². The van der Waals surface area contributed by atoms with Crippen molar-refractivity contribution in [3.8, 4) is 11.1 Å². The summed E-state index contributed by atoms with van der Waals surface area (Å²) in [6.07, 6.45) is 0. The van der Waals surface area contributed by atoms with E-state index in [9.17, 15) is 4.79 Å². The fraction of sp³-hybridized carbons (Fsp3) is 0.345. The Morgan fingerprint density at radius 1 is 0.848 bits per heavy atom. The van der Waals surface area contributed by atoms with Crippen LogP contribution in [-0.4, -0.2) is 24.7 Å². The quantitative estimate of drug-likeness (QED) is 0.440. The Bertz CT molecular complexity index is 1240. The summed E-state index contributed by atoms with van der Waals surface area (Å²) in [5.74, 6) is -0.273. The van der Waals surface area contributed by atoms with Crippen LogP contribution in [0.1, 0.15) is 53.4 Å². The number of hydrogen-bond donors (Lipinski definition) is 0. The van der Waals surface area contributed by atoms with E-state index in [4.69, 9.17) is 4.74 Å². The predicted octanol–water partition coefficient (Wildman–Crippen LogP) is 6.27. The molecular weight excluding hydrogens is 408 g/mol. The van der Waals surface area contributed by atoms with Crippen LogP contribution in [-0.2, 0) is 17.8 Å². The van der Waals surface area contributed by atoms with Crippen molar-refractivity contribution >= 4 is 17.3 Å².